The molecule has 0 aliphatic rings. The van der Waals surface area contributed by atoms with Gasteiger partial charge in [-0.1, -0.05) is 12.5 Å². The Bertz CT molecular complexity index is 125. The Morgan fingerprint density at radius 1 is 1.36 bits per heavy atom. The first-order valence-electron chi connectivity index (χ1n) is 5.73. The molecule has 14 heavy (non-hydrogen) atoms. The zero-order valence-corrected chi connectivity index (χ0v) is 9.72. The maximum atomic E-state index is 5.32. The Labute approximate surface area is 88.7 Å². The maximum Gasteiger partial charge on any atom is 0.0616 e. The summed E-state index contributed by atoms with van der Waals surface area (Å²) in [5, 5.41) is 3.44. The average molecular weight is 199 g/mol. The Morgan fingerprint density at radius 2 is 2.14 bits per heavy atom. The van der Waals surface area contributed by atoms with E-state index in [1.54, 1.807) is 0 Å². The summed E-state index contributed by atoms with van der Waals surface area (Å²) in [6, 6.07) is 0.481. The normalized spacial score (nSPS) is 12.7. The van der Waals surface area contributed by atoms with Gasteiger partial charge in [0.2, 0.25) is 0 Å². The second-order valence-corrected chi connectivity index (χ2v) is 3.65. The summed E-state index contributed by atoms with van der Waals surface area (Å²) >= 11 is 0. The van der Waals surface area contributed by atoms with Crippen LogP contribution >= 0.6 is 0 Å². The third kappa shape index (κ3) is 9.75. The van der Waals surface area contributed by atoms with Gasteiger partial charge in [-0.3, -0.25) is 0 Å². The number of unbranched alkanes of at least 4 members (excludes halogenated alkanes) is 3. The third-order valence-electron chi connectivity index (χ3n) is 2.15. The van der Waals surface area contributed by atoms with Crippen molar-refractivity contribution in [3.63, 3.8) is 0 Å². The molecule has 0 bridgehead atoms. The van der Waals surface area contributed by atoms with Crippen LogP contribution in [0.1, 0.15) is 39.5 Å². The second-order valence-electron chi connectivity index (χ2n) is 3.65. The van der Waals surface area contributed by atoms with Crippen LogP contribution in [0.4, 0.5) is 0 Å². The quantitative estimate of drug-likeness (QED) is 0.431. The van der Waals surface area contributed by atoms with E-state index in [4.69, 9.17) is 4.74 Å². The van der Waals surface area contributed by atoms with E-state index in [-0.39, 0.29) is 0 Å². The first-order chi connectivity index (χ1) is 6.81. The molecule has 0 aromatic carbocycles. The second kappa shape index (κ2) is 10.7. The summed E-state index contributed by atoms with van der Waals surface area (Å²) in [5.41, 5.74) is 0. The highest BCUT2D eigenvalue weighted by molar-refractivity contribution is 4.66. The van der Waals surface area contributed by atoms with Crippen LogP contribution in [0.25, 0.3) is 0 Å². The van der Waals surface area contributed by atoms with Crippen LogP contribution in [0.3, 0.4) is 0 Å². The lowest BCUT2D eigenvalue weighted by Crippen LogP contribution is -2.31. The van der Waals surface area contributed by atoms with Gasteiger partial charge in [0.25, 0.3) is 0 Å². The van der Waals surface area contributed by atoms with Gasteiger partial charge in [-0.05, 0) is 39.7 Å². The predicted octanol–water partition coefficient (Wildman–Crippen LogP) is 2.75. The molecule has 0 aliphatic carbocycles. The fourth-order valence-electron chi connectivity index (χ4n) is 1.29. The van der Waals surface area contributed by atoms with Gasteiger partial charge in [0.1, 0.15) is 0 Å². The summed E-state index contributed by atoms with van der Waals surface area (Å²) in [6.07, 6.45) is 6.95. The van der Waals surface area contributed by atoms with E-state index in [0.717, 1.165) is 26.2 Å². The molecule has 0 saturated heterocycles. The molecule has 2 nitrogen and oxygen atoms in total. The van der Waals surface area contributed by atoms with Crippen molar-refractivity contribution in [3.8, 4) is 0 Å². The third-order valence-corrected chi connectivity index (χ3v) is 2.15. The van der Waals surface area contributed by atoms with Gasteiger partial charge in [-0.2, -0.15) is 0 Å². The van der Waals surface area contributed by atoms with Gasteiger partial charge in [0.15, 0.2) is 0 Å². The van der Waals surface area contributed by atoms with Crippen LogP contribution in [0, 0.1) is 0 Å². The fourth-order valence-corrected chi connectivity index (χ4v) is 1.29. The minimum Gasteiger partial charge on any atom is -0.380 e. The first kappa shape index (κ1) is 13.7. The lowest BCUT2D eigenvalue weighted by Gasteiger charge is -2.13. The number of hydrogen-bond donors (Lipinski definition) is 1. The summed E-state index contributed by atoms with van der Waals surface area (Å²) in [6.45, 7) is 10.6. The summed E-state index contributed by atoms with van der Waals surface area (Å²) in [5.74, 6) is 0. The van der Waals surface area contributed by atoms with E-state index in [2.05, 4.69) is 18.8 Å². The Hall–Kier alpha value is -0.340. The lowest BCUT2D eigenvalue weighted by atomic mass is 10.2. The Morgan fingerprint density at radius 3 is 2.79 bits per heavy atom. The van der Waals surface area contributed by atoms with Crippen LogP contribution < -0.4 is 5.32 Å². The van der Waals surface area contributed by atoms with Crippen molar-refractivity contribution in [3.05, 3.63) is 12.7 Å². The molecule has 0 radical (unpaired) electrons. The van der Waals surface area contributed by atoms with Crippen LogP contribution in [0.2, 0.25) is 0 Å². The number of ether oxygens (including phenoxy) is 1. The van der Waals surface area contributed by atoms with Gasteiger partial charge in [-0.25, -0.2) is 0 Å². The van der Waals surface area contributed by atoms with Crippen LogP contribution in [0.15, 0.2) is 12.7 Å². The maximum absolute atomic E-state index is 5.32. The molecule has 0 aromatic rings. The minimum atomic E-state index is 0.481. The fraction of sp³-hybridized carbons (Fsp3) is 0.833. The highest BCUT2D eigenvalue weighted by Crippen LogP contribution is 1.99. The molecule has 0 saturated carbocycles. The van der Waals surface area contributed by atoms with Crippen LogP contribution in [0.5, 0.6) is 0 Å². The molecule has 84 valence electrons. The number of rotatable bonds is 10. The molecular formula is C12H25NO. The van der Waals surface area contributed by atoms with Crippen LogP contribution in [-0.4, -0.2) is 25.8 Å². The number of hydrogen-bond acceptors (Lipinski definition) is 2. The van der Waals surface area contributed by atoms with E-state index in [9.17, 15) is 0 Å². The molecule has 2 heteroatoms. The molecular weight excluding hydrogens is 174 g/mol. The average Bonchev–Trinajstić information content (AvgIpc) is 2.20. The van der Waals surface area contributed by atoms with Gasteiger partial charge >= 0.3 is 0 Å². The van der Waals surface area contributed by atoms with Crippen molar-refractivity contribution in [2.75, 3.05) is 19.8 Å². The van der Waals surface area contributed by atoms with Crippen molar-refractivity contribution in [1.29, 1.82) is 0 Å². The predicted molar refractivity (Wildman–Crippen MR) is 62.6 cm³/mol. The van der Waals surface area contributed by atoms with Gasteiger partial charge in [0.05, 0.1) is 6.61 Å². The Balaban J connectivity index is 3.06. The zero-order chi connectivity index (χ0) is 10.6. The van der Waals surface area contributed by atoms with E-state index < -0.39 is 0 Å². The summed E-state index contributed by atoms with van der Waals surface area (Å²) in [4.78, 5) is 0. The molecule has 1 unspecified atom stereocenters. The summed E-state index contributed by atoms with van der Waals surface area (Å²) < 4.78 is 5.32. The molecule has 0 amide bonds. The largest absolute Gasteiger partial charge is 0.380 e. The van der Waals surface area contributed by atoms with Crippen molar-refractivity contribution in [1.82, 2.24) is 5.32 Å². The molecule has 1 N–H and O–H groups in total. The monoisotopic (exact) mass is 199 g/mol. The van der Waals surface area contributed by atoms with Gasteiger partial charge < -0.3 is 10.1 Å². The lowest BCUT2D eigenvalue weighted by molar-refractivity contribution is 0.127. The van der Waals surface area contributed by atoms with Crippen molar-refractivity contribution >= 4 is 0 Å². The minimum absolute atomic E-state index is 0.481. The molecule has 0 fully saturated rings. The standard InChI is InChI=1S/C12H25NO/c1-4-6-7-8-9-10-13-12(3)11-14-5-2/h4,12-13H,1,5-11H2,2-3H3. The van der Waals surface area contributed by atoms with E-state index in [0.29, 0.717) is 6.04 Å². The van der Waals surface area contributed by atoms with Crippen LogP contribution in [-0.2, 0) is 4.74 Å². The SMILES string of the molecule is C=CCCCCCNC(C)COCC. The van der Waals surface area contributed by atoms with Crippen molar-refractivity contribution in [2.24, 2.45) is 0 Å². The molecule has 0 heterocycles. The highest BCUT2D eigenvalue weighted by atomic mass is 16.5. The molecule has 1 atom stereocenters. The van der Waals surface area contributed by atoms with E-state index in [1.807, 2.05) is 13.0 Å². The van der Waals surface area contributed by atoms with Gasteiger partial charge in [0, 0.05) is 12.6 Å². The topological polar surface area (TPSA) is 21.3 Å². The zero-order valence-electron chi connectivity index (χ0n) is 9.72. The van der Waals surface area contributed by atoms with Crippen molar-refractivity contribution < 1.29 is 4.74 Å². The number of allylic oxidation sites excluding steroid dienone is 1. The molecule has 0 spiro atoms. The molecule has 0 aromatic heterocycles. The van der Waals surface area contributed by atoms with E-state index in [1.165, 1.54) is 19.3 Å². The molecule has 0 aliphatic heterocycles. The first-order valence-corrected chi connectivity index (χ1v) is 5.73. The smallest absolute Gasteiger partial charge is 0.0616 e. The highest BCUT2D eigenvalue weighted by Gasteiger charge is 1.98. The van der Waals surface area contributed by atoms with E-state index >= 15 is 0 Å². The Kier molecular flexibility index (Phi) is 10.5. The number of nitrogens with one attached hydrogen (secondary N) is 1. The molecule has 0 rings (SSSR count). The summed E-state index contributed by atoms with van der Waals surface area (Å²) in [7, 11) is 0. The van der Waals surface area contributed by atoms with Gasteiger partial charge in [-0.15, -0.1) is 6.58 Å². The van der Waals surface area contributed by atoms with Crippen molar-refractivity contribution in [2.45, 2.75) is 45.6 Å².